The van der Waals surface area contributed by atoms with Crippen molar-refractivity contribution in [2.75, 3.05) is 6.61 Å². The fourth-order valence-electron chi connectivity index (χ4n) is 1.52. The van der Waals surface area contributed by atoms with E-state index < -0.39 is 24.6 Å². The van der Waals surface area contributed by atoms with E-state index >= 15 is 0 Å². The molecule has 0 aromatic carbocycles. The van der Waals surface area contributed by atoms with Gasteiger partial charge in [-0.05, 0) is 6.42 Å². The zero-order valence-corrected chi connectivity index (χ0v) is 9.35. The fourth-order valence-corrected chi connectivity index (χ4v) is 1.52. The van der Waals surface area contributed by atoms with Crippen LogP contribution >= 0.6 is 0 Å². The summed E-state index contributed by atoms with van der Waals surface area (Å²) in [6.07, 6.45) is 4.85. The normalized spacial score (nSPS) is 14.9. The van der Waals surface area contributed by atoms with E-state index in [0.717, 1.165) is 25.7 Å². The van der Waals surface area contributed by atoms with E-state index in [0.29, 0.717) is 6.42 Å². The Hall–Kier alpha value is -0.610. The summed E-state index contributed by atoms with van der Waals surface area (Å²) in [5.74, 6) is -2.16. The third-order valence-electron chi connectivity index (χ3n) is 2.58. The highest BCUT2D eigenvalue weighted by Crippen LogP contribution is 2.13. The molecule has 0 rings (SSSR count). The molecular formula is C11H22O4. The number of carboxylic acids is 1. The van der Waals surface area contributed by atoms with Gasteiger partial charge in [0.05, 0.1) is 12.7 Å². The maximum atomic E-state index is 10.6. The smallest absolute Gasteiger partial charge is 0.311 e. The van der Waals surface area contributed by atoms with Gasteiger partial charge in [0.25, 0.3) is 0 Å². The first-order valence-corrected chi connectivity index (χ1v) is 5.65. The molecule has 0 aromatic heterocycles. The van der Waals surface area contributed by atoms with Gasteiger partial charge in [0.2, 0.25) is 0 Å². The summed E-state index contributed by atoms with van der Waals surface area (Å²) in [5.41, 5.74) is 0. The van der Waals surface area contributed by atoms with Gasteiger partial charge in [-0.25, -0.2) is 0 Å². The van der Waals surface area contributed by atoms with Crippen LogP contribution < -0.4 is 0 Å². The van der Waals surface area contributed by atoms with Gasteiger partial charge >= 0.3 is 5.97 Å². The molecule has 0 spiro atoms. The van der Waals surface area contributed by atoms with E-state index in [1.807, 2.05) is 0 Å². The van der Waals surface area contributed by atoms with Crippen LogP contribution in [0.1, 0.15) is 45.4 Å². The Labute approximate surface area is 90.9 Å². The van der Waals surface area contributed by atoms with Crippen molar-refractivity contribution in [3.05, 3.63) is 0 Å². The number of carbonyl (C=O) groups is 1. The molecule has 0 radical (unpaired) electrons. The van der Waals surface area contributed by atoms with Crippen molar-refractivity contribution in [3.8, 4) is 0 Å². The number of aliphatic carboxylic acids is 1. The molecule has 3 N–H and O–H groups in total. The second kappa shape index (κ2) is 8.68. The lowest BCUT2D eigenvalue weighted by Crippen LogP contribution is -2.31. The van der Waals surface area contributed by atoms with Gasteiger partial charge < -0.3 is 15.3 Å². The Morgan fingerprint density at radius 1 is 1.20 bits per heavy atom. The molecule has 0 amide bonds. The van der Waals surface area contributed by atoms with Crippen molar-refractivity contribution in [1.82, 2.24) is 0 Å². The van der Waals surface area contributed by atoms with Crippen molar-refractivity contribution in [2.45, 2.75) is 51.6 Å². The van der Waals surface area contributed by atoms with Crippen LogP contribution in [0.15, 0.2) is 0 Å². The minimum Gasteiger partial charge on any atom is -0.481 e. The van der Waals surface area contributed by atoms with Gasteiger partial charge in [0, 0.05) is 0 Å². The van der Waals surface area contributed by atoms with Crippen molar-refractivity contribution in [3.63, 3.8) is 0 Å². The van der Waals surface area contributed by atoms with Crippen LogP contribution in [-0.4, -0.2) is 34.0 Å². The first-order valence-electron chi connectivity index (χ1n) is 5.65. The van der Waals surface area contributed by atoms with Crippen LogP contribution in [0.25, 0.3) is 0 Å². The van der Waals surface area contributed by atoms with E-state index in [2.05, 4.69) is 6.92 Å². The average molecular weight is 218 g/mol. The second-order valence-corrected chi connectivity index (χ2v) is 3.90. The molecule has 15 heavy (non-hydrogen) atoms. The molecule has 0 aromatic rings. The lowest BCUT2D eigenvalue weighted by molar-refractivity contribution is -0.147. The highest BCUT2D eigenvalue weighted by molar-refractivity contribution is 5.70. The van der Waals surface area contributed by atoms with Crippen molar-refractivity contribution in [1.29, 1.82) is 0 Å². The summed E-state index contributed by atoms with van der Waals surface area (Å²) in [6, 6.07) is 0. The number of carboxylic acid groups (broad SMARTS) is 1. The topological polar surface area (TPSA) is 77.8 Å². The van der Waals surface area contributed by atoms with Crippen molar-refractivity contribution in [2.24, 2.45) is 5.92 Å². The Bertz CT molecular complexity index is 170. The summed E-state index contributed by atoms with van der Waals surface area (Å²) in [4.78, 5) is 10.6. The monoisotopic (exact) mass is 218 g/mol. The van der Waals surface area contributed by atoms with E-state index in [1.165, 1.54) is 6.42 Å². The molecule has 90 valence electrons. The number of unbranched alkanes of at least 4 members (excludes halogenated alkanes) is 4. The number of rotatable bonds is 9. The van der Waals surface area contributed by atoms with E-state index in [4.69, 9.17) is 10.2 Å². The summed E-state index contributed by atoms with van der Waals surface area (Å²) < 4.78 is 0. The van der Waals surface area contributed by atoms with E-state index in [-0.39, 0.29) is 0 Å². The lowest BCUT2D eigenvalue weighted by atomic mass is 9.98. The molecule has 0 aliphatic rings. The first-order chi connectivity index (χ1) is 7.13. The maximum absolute atomic E-state index is 10.6. The highest BCUT2D eigenvalue weighted by Gasteiger charge is 2.24. The van der Waals surface area contributed by atoms with Crippen LogP contribution in [0.2, 0.25) is 0 Å². The standard InChI is InChI=1S/C11H22O4/c1-2-3-4-5-6-7-10(13)9(8-12)11(14)15/h9-10,12-13H,2-8H2,1H3,(H,14,15)/t9-,10-/m0/s1. The van der Waals surface area contributed by atoms with Gasteiger partial charge in [0.15, 0.2) is 0 Å². The summed E-state index contributed by atoms with van der Waals surface area (Å²) in [6.45, 7) is 1.63. The van der Waals surface area contributed by atoms with Crippen LogP contribution in [0, 0.1) is 5.92 Å². The molecule has 0 fully saturated rings. The summed E-state index contributed by atoms with van der Waals surface area (Å²) in [5, 5.41) is 26.9. The van der Waals surface area contributed by atoms with Crippen molar-refractivity contribution < 1.29 is 20.1 Å². The van der Waals surface area contributed by atoms with Crippen LogP contribution in [0.3, 0.4) is 0 Å². The third-order valence-corrected chi connectivity index (χ3v) is 2.58. The van der Waals surface area contributed by atoms with Gasteiger partial charge in [-0.1, -0.05) is 39.0 Å². The quantitative estimate of drug-likeness (QED) is 0.511. The van der Waals surface area contributed by atoms with Crippen LogP contribution in [-0.2, 0) is 4.79 Å². The fraction of sp³-hybridized carbons (Fsp3) is 0.909. The van der Waals surface area contributed by atoms with Crippen LogP contribution in [0.5, 0.6) is 0 Å². The molecule has 0 aliphatic heterocycles. The number of hydrogen-bond acceptors (Lipinski definition) is 3. The highest BCUT2D eigenvalue weighted by atomic mass is 16.4. The Kier molecular flexibility index (Phi) is 8.33. The Morgan fingerprint density at radius 2 is 1.80 bits per heavy atom. The minimum absolute atomic E-state index is 0.460. The van der Waals surface area contributed by atoms with Crippen LogP contribution in [0.4, 0.5) is 0 Å². The summed E-state index contributed by atoms with van der Waals surface area (Å²) in [7, 11) is 0. The molecule has 0 aliphatic carbocycles. The zero-order valence-electron chi connectivity index (χ0n) is 9.35. The molecular weight excluding hydrogens is 196 g/mol. The molecule has 4 heteroatoms. The maximum Gasteiger partial charge on any atom is 0.311 e. The lowest BCUT2D eigenvalue weighted by Gasteiger charge is -2.16. The predicted molar refractivity (Wildman–Crippen MR) is 57.6 cm³/mol. The number of hydrogen-bond donors (Lipinski definition) is 3. The zero-order chi connectivity index (χ0) is 11.7. The van der Waals surface area contributed by atoms with Gasteiger partial charge in [-0.2, -0.15) is 0 Å². The van der Waals surface area contributed by atoms with E-state index in [1.54, 1.807) is 0 Å². The van der Waals surface area contributed by atoms with Gasteiger partial charge in [-0.15, -0.1) is 0 Å². The Balaban J connectivity index is 3.62. The number of aliphatic hydroxyl groups is 2. The van der Waals surface area contributed by atoms with E-state index in [9.17, 15) is 9.90 Å². The molecule has 0 saturated carbocycles. The average Bonchev–Trinajstić information content (AvgIpc) is 2.18. The second-order valence-electron chi connectivity index (χ2n) is 3.90. The van der Waals surface area contributed by atoms with Gasteiger partial charge in [-0.3, -0.25) is 4.79 Å². The van der Waals surface area contributed by atoms with Crippen molar-refractivity contribution >= 4 is 5.97 Å². The molecule has 0 heterocycles. The minimum atomic E-state index is -1.13. The predicted octanol–water partition coefficient (Wildman–Crippen LogP) is 1.40. The molecule has 2 atom stereocenters. The first kappa shape index (κ1) is 14.4. The summed E-state index contributed by atoms with van der Waals surface area (Å²) >= 11 is 0. The SMILES string of the molecule is CCCCCCC[C@H](O)[C@H](CO)C(=O)O. The Morgan fingerprint density at radius 3 is 2.27 bits per heavy atom. The molecule has 4 nitrogen and oxygen atoms in total. The number of aliphatic hydroxyl groups excluding tert-OH is 2. The molecule has 0 saturated heterocycles. The molecule has 0 bridgehead atoms. The molecule has 0 unspecified atom stereocenters. The van der Waals surface area contributed by atoms with Gasteiger partial charge in [0.1, 0.15) is 5.92 Å². The largest absolute Gasteiger partial charge is 0.481 e. The third kappa shape index (κ3) is 6.47.